The van der Waals surface area contributed by atoms with E-state index in [1.807, 2.05) is 0 Å². The van der Waals surface area contributed by atoms with Crippen LogP contribution in [0.2, 0.25) is 0 Å². The summed E-state index contributed by atoms with van der Waals surface area (Å²) in [7, 11) is 2.14. The lowest BCUT2D eigenvalue weighted by atomic mass is 10.1. The minimum absolute atomic E-state index is 0.246. The molecule has 0 amide bonds. The van der Waals surface area contributed by atoms with Gasteiger partial charge in [-0.15, -0.1) is 0 Å². The molecule has 1 heteroatoms. The SMILES string of the molecule is CC/C=C(/C)N(C)C(C)(C)C. The molecule has 66 valence electrons. The lowest BCUT2D eigenvalue weighted by Gasteiger charge is -2.34. The molecule has 0 aromatic carbocycles. The first-order valence-corrected chi connectivity index (χ1v) is 4.30. The predicted octanol–water partition coefficient (Wildman–Crippen LogP) is 3.03. The van der Waals surface area contributed by atoms with Crippen LogP contribution in [0, 0.1) is 0 Å². The van der Waals surface area contributed by atoms with Gasteiger partial charge in [-0.2, -0.15) is 0 Å². The lowest BCUT2D eigenvalue weighted by molar-refractivity contribution is 0.227. The second kappa shape index (κ2) is 3.80. The van der Waals surface area contributed by atoms with Crippen molar-refractivity contribution < 1.29 is 0 Å². The fourth-order valence-corrected chi connectivity index (χ4v) is 0.961. The molecule has 0 bridgehead atoms. The third kappa shape index (κ3) is 3.45. The Kier molecular flexibility index (Phi) is 3.64. The fraction of sp³-hybridized carbons (Fsp3) is 0.800. The summed E-state index contributed by atoms with van der Waals surface area (Å²) in [5.74, 6) is 0. The van der Waals surface area contributed by atoms with Crippen molar-refractivity contribution in [3.05, 3.63) is 11.8 Å². The highest BCUT2D eigenvalue weighted by Crippen LogP contribution is 2.16. The number of hydrogen-bond acceptors (Lipinski definition) is 1. The largest absolute Gasteiger partial charge is 0.374 e. The summed E-state index contributed by atoms with van der Waals surface area (Å²) in [6.07, 6.45) is 3.37. The molecular formula is C10H21N. The summed E-state index contributed by atoms with van der Waals surface area (Å²) < 4.78 is 0. The summed E-state index contributed by atoms with van der Waals surface area (Å²) >= 11 is 0. The van der Waals surface area contributed by atoms with Gasteiger partial charge in [0, 0.05) is 18.3 Å². The van der Waals surface area contributed by atoms with Gasteiger partial charge in [0.1, 0.15) is 0 Å². The van der Waals surface area contributed by atoms with Crippen molar-refractivity contribution in [2.45, 2.75) is 46.6 Å². The zero-order chi connectivity index (χ0) is 9.07. The molecule has 0 aliphatic carbocycles. The van der Waals surface area contributed by atoms with E-state index < -0.39 is 0 Å². The first-order chi connectivity index (χ1) is 4.89. The van der Waals surface area contributed by atoms with Gasteiger partial charge < -0.3 is 4.90 Å². The maximum atomic E-state index is 2.30. The molecule has 0 aliphatic rings. The van der Waals surface area contributed by atoms with Gasteiger partial charge in [-0.25, -0.2) is 0 Å². The molecule has 0 fully saturated rings. The van der Waals surface area contributed by atoms with Crippen LogP contribution >= 0.6 is 0 Å². The van der Waals surface area contributed by atoms with E-state index >= 15 is 0 Å². The molecule has 0 spiro atoms. The topological polar surface area (TPSA) is 3.24 Å². The van der Waals surface area contributed by atoms with Gasteiger partial charge in [0.15, 0.2) is 0 Å². The van der Waals surface area contributed by atoms with Crippen LogP contribution in [0.15, 0.2) is 11.8 Å². The molecule has 0 saturated heterocycles. The van der Waals surface area contributed by atoms with Crippen LogP contribution in [0.25, 0.3) is 0 Å². The van der Waals surface area contributed by atoms with Crippen LogP contribution in [0.4, 0.5) is 0 Å². The van der Waals surface area contributed by atoms with E-state index in [0.29, 0.717) is 0 Å². The predicted molar refractivity (Wildman–Crippen MR) is 51.6 cm³/mol. The number of allylic oxidation sites excluding steroid dienone is 2. The van der Waals surface area contributed by atoms with Crippen LogP contribution in [0.3, 0.4) is 0 Å². The molecule has 11 heavy (non-hydrogen) atoms. The van der Waals surface area contributed by atoms with E-state index in [1.54, 1.807) is 0 Å². The quantitative estimate of drug-likeness (QED) is 0.592. The monoisotopic (exact) mass is 155 g/mol. The van der Waals surface area contributed by atoms with E-state index in [4.69, 9.17) is 0 Å². The van der Waals surface area contributed by atoms with Crippen LogP contribution in [-0.2, 0) is 0 Å². The van der Waals surface area contributed by atoms with Crippen LogP contribution in [-0.4, -0.2) is 17.5 Å². The normalized spacial score (nSPS) is 13.5. The van der Waals surface area contributed by atoms with E-state index in [-0.39, 0.29) is 5.54 Å². The highest BCUT2D eigenvalue weighted by molar-refractivity contribution is 4.99. The minimum atomic E-state index is 0.246. The molecule has 0 radical (unpaired) electrons. The Morgan fingerprint density at radius 2 is 1.82 bits per heavy atom. The van der Waals surface area contributed by atoms with Crippen molar-refractivity contribution in [2.24, 2.45) is 0 Å². The van der Waals surface area contributed by atoms with Gasteiger partial charge in [0.05, 0.1) is 0 Å². The Labute approximate surface area is 71.1 Å². The number of nitrogens with zero attached hydrogens (tertiary/aromatic N) is 1. The van der Waals surface area contributed by atoms with Gasteiger partial charge in [-0.05, 0) is 34.1 Å². The maximum absolute atomic E-state index is 2.30. The average molecular weight is 155 g/mol. The summed E-state index contributed by atoms with van der Waals surface area (Å²) in [4.78, 5) is 2.30. The fourth-order valence-electron chi connectivity index (χ4n) is 0.961. The van der Waals surface area contributed by atoms with Crippen molar-refractivity contribution in [1.82, 2.24) is 4.90 Å². The number of rotatable bonds is 2. The first-order valence-electron chi connectivity index (χ1n) is 4.30. The van der Waals surface area contributed by atoms with E-state index in [9.17, 15) is 0 Å². The summed E-state index contributed by atoms with van der Waals surface area (Å²) in [6, 6.07) is 0. The highest BCUT2D eigenvalue weighted by atomic mass is 15.2. The van der Waals surface area contributed by atoms with Gasteiger partial charge in [0.25, 0.3) is 0 Å². The summed E-state index contributed by atoms with van der Waals surface area (Å²) in [5, 5.41) is 0. The molecule has 0 atom stereocenters. The third-order valence-corrected chi connectivity index (χ3v) is 2.03. The Hall–Kier alpha value is -0.460. The van der Waals surface area contributed by atoms with Crippen molar-refractivity contribution in [3.8, 4) is 0 Å². The van der Waals surface area contributed by atoms with Crippen molar-refractivity contribution in [2.75, 3.05) is 7.05 Å². The van der Waals surface area contributed by atoms with Crippen LogP contribution < -0.4 is 0 Å². The van der Waals surface area contributed by atoms with Crippen molar-refractivity contribution >= 4 is 0 Å². The van der Waals surface area contributed by atoms with E-state index in [2.05, 4.69) is 52.6 Å². The van der Waals surface area contributed by atoms with Gasteiger partial charge >= 0.3 is 0 Å². The van der Waals surface area contributed by atoms with E-state index in [0.717, 1.165) is 6.42 Å². The molecular weight excluding hydrogens is 134 g/mol. The zero-order valence-electron chi connectivity index (χ0n) is 8.73. The third-order valence-electron chi connectivity index (χ3n) is 2.03. The Bertz CT molecular complexity index is 139. The average Bonchev–Trinajstić information content (AvgIpc) is 1.85. The molecule has 0 rings (SSSR count). The van der Waals surface area contributed by atoms with Crippen molar-refractivity contribution in [3.63, 3.8) is 0 Å². The standard InChI is InChI=1S/C10H21N/c1-7-8-9(2)11(6)10(3,4)5/h8H,7H2,1-6H3/b9-8-. The first kappa shape index (κ1) is 10.5. The molecule has 0 unspecified atom stereocenters. The van der Waals surface area contributed by atoms with Gasteiger partial charge in [-0.1, -0.05) is 13.0 Å². The minimum Gasteiger partial charge on any atom is -0.374 e. The second-order valence-electron chi connectivity index (χ2n) is 3.98. The Morgan fingerprint density at radius 1 is 1.36 bits per heavy atom. The molecule has 0 aromatic heterocycles. The summed E-state index contributed by atoms with van der Waals surface area (Å²) in [5.41, 5.74) is 1.61. The highest BCUT2D eigenvalue weighted by Gasteiger charge is 2.15. The lowest BCUT2D eigenvalue weighted by Crippen LogP contribution is -2.36. The van der Waals surface area contributed by atoms with Crippen LogP contribution in [0.5, 0.6) is 0 Å². The Balaban J connectivity index is 4.25. The molecule has 0 aliphatic heterocycles. The smallest absolute Gasteiger partial charge is 0.0311 e. The molecule has 1 nitrogen and oxygen atoms in total. The molecule has 0 N–H and O–H groups in total. The van der Waals surface area contributed by atoms with E-state index in [1.165, 1.54) is 5.70 Å². The molecule has 0 saturated carbocycles. The molecule has 0 aromatic rings. The van der Waals surface area contributed by atoms with Gasteiger partial charge in [0.2, 0.25) is 0 Å². The molecule has 0 heterocycles. The van der Waals surface area contributed by atoms with Crippen molar-refractivity contribution in [1.29, 1.82) is 0 Å². The zero-order valence-corrected chi connectivity index (χ0v) is 8.73. The second-order valence-corrected chi connectivity index (χ2v) is 3.98. The Morgan fingerprint density at radius 3 is 2.09 bits per heavy atom. The van der Waals surface area contributed by atoms with Gasteiger partial charge in [-0.3, -0.25) is 0 Å². The number of hydrogen-bond donors (Lipinski definition) is 0. The van der Waals surface area contributed by atoms with Crippen LogP contribution in [0.1, 0.15) is 41.0 Å². The maximum Gasteiger partial charge on any atom is 0.0311 e. The summed E-state index contributed by atoms with van der Waals surface area (Å²) in [6.45, 7) is 11.0.